The highest BCUT2D eigenvalue weighted by Gasteiger charge is 2.30. The predicted octanol–water partition coefficient (Wildman–Crippen LogP) is 4.71. The van der Waals surface area contributed by atoms with Crippen LogP contribution in [0.15, 0.2) is 54.6 Å². The summed E-state index contributed by atoms with van der Waals surface area (Å²) in [6.45, 7) is 1.70. The Labute approximate surface area is 182 Å². The van der Waals surface area contributed by atoms with Crippen molar-refractivity contribution in [2.45, 2.75) is 38.7 Å². The lowest BCUT2D eigenvalue weighted by Crippen LogP contribution is -2.38. The first-order valence-electron chi connectivity index (χ1n) is 10.2. The third kappa shape index (κ3) is 5.44. The minimum atomic E-state index is -4.01. The molecule has 6 nitrogen and oxygen atoms in total. The van der Waals surface area contributed by atoms with Crippen molar-refractivity contribution in [3.8, 4) is 11.5 Å². The van der Waals surface area contributed by atoms with Gasteiger partial charge in [-0.25, -0.2) is 17.1 Å². The highest BCUT2D eigenvalue weighted by atomic mass is 32.2. The van der Waals surface area contributed by atoms with Gasteiger partial charge in [0.1, 0.15) is 11.9 Å². The monoisotopic (exact) mass is 447 g/mol. The van der Waals surface area contributed by atoms with Crippen molar-refractivity contribution in [1.29, 1.82) is 0 Å². The van der Waals surface area contributed by atoms with Crippen LogP contribution in [0.3, 0.4) is 0 Å². The van der Waals surface area contributed by atoms with Crippen LogP contribution in [0.25, 0.3) is 0 Å². The molecule has 166 valence electrons. The number of benzene rings is 2. The van der Waals surface area contributed by atoms with Crippen LogP contribution in [-0.2, 0) is 10.0 Å². The van der Waals surface area contributed by atoms with Gasteiger partial charge >= 0.3 is 0 Å². The molecule has 0 saturated carbocycles. The van der Waals surface area contributed by atoms with Crippen LogP contribution in [0.2, 0.25) is 0 Å². The van der Waals surface area contributed by atoms with Crippen molar-refractivity contribution in [1.82, 2.24) is 0 Å². The molecule has 0 spiro atoms. The molecule has 1 unspecified atom stereocenters. The topological polar surface area (TPSA) is 72.9 Å². The zero-order valence-corrected chi connectivity index (χ0v) is 18.4. The molecule has 0 aliphatic heterocycles. The van der Waals surface area contributed by atoms with E-state index in [0.29, 0.717) is 16.5 Å². The summed E-state index contributed by atoms with van der Waals surface area (Å²) in [5.74, 6) is -1.22. The van der Waals surface area contributed by atoms with Crippen LogP contribution < -0.4 is 13.8 Å². The maximum absolute atomic E-state index is 14.2. The Kier molecular flexibility index (Phi) is 7.33. The molecule has 3 rings (SSSR count). The molecule has 0 saturated heterocycles. The van der Waals surface area contributed by atoms with Crippen molar-refractivity contribution in [3.05, 3.63) is 66.0 Å². The van der Waals surface area contributed by atoms with E-state index in [-0.39, 0.29) is 28.9 Å². The number of methoxy groups -OCH3 is 1. The summed E-state index contributed by atoms with van der Waals surface area (Å²) in [6, 6.07) is 9.92. The number of hydrogen-bond donors (Lipinski definition) is 0. The van der Waals surface area contributed by atoms with E-state index in [1.54, 1.807) is 19.1 Å². The summed E-state index contributed by atoms with van der Waals surface area (Å²) in [7, 11) is -2.70. The van der Waals surface area contributed by atoms with E-state index in [2.05, 4.69) is 6.08 Å². The van der Waals surface area contributed by atoms with Crippen LogP contribution in [0.1, 0.15) is 43.0 Å². The fourth-order valence-electron chi connectivity index (χ4n) is 3.38. The Morgan fingerprint density at radius 3 is 2.52 bits per heavy atom. The van der Waals surface area contributed by atoms with Crippen LogP contribution in [0, 0.1) is 5.82 Å². The fraction of sp³-hybridized carbons (Fsp3) is 0.348. The molecule has 0 radical (unpaired) electrons. The molecular weight excluding hydrogens is 421 g/mol. The van der Waals surface area contributed by atoms with Gasteiger partial charge in [0.25, 0.3) is 5.91 Å². The molecule has 0 aromatic heterocycles. The molecule has 2 aromatic rings. The quantitative estimate of drug-likeness (QED) is 0.548. The predicted molar refractivity (Wildman–Crippen MR) is 118 cm³/mol. The Hall–Kier alpha value is -2.87. The van der Waals surface area contributed by atoms with Crippen molar-refractivity contribution < 1.29 is 27.1 Å². The zero-order valence-electron chi connectivity index (χ0n) is 17.6. The molecule has 8 heteroatoms. The summed E-state index contributed by atoms with van der Waals surface area (Å²) in [5, 5.41) is 0. The van der Waals surface area contributed by atoms with E-state index < -0.39 is 21.7 Å². The number of amides is 1. The minimum Gasteiger partial charge on any atom is -0.494 e. The second-order valence-electron chi connectivity index (χ2n) is 7.24. The summed E-state index contributed by atoms with van der Waals surface area (Å²) < 4.78 is 51.4. The number of nitrogens with zero attached hydrogens (tertiary/aromatic N) is 1. The SMILES string of the molecule is CCCS(=O)(=O)N(C(=O)c1ccc(OC2C=CCCC2)cc1)c1ccc(OC)c(F)c1. The molecule has 1 atom stereocenters. The molecule has 1 amide bonds. The summed E-state index contributed by atoms with van der Waals surface area (Å²) in [6.07, 6.45) is 7.41. The molecule has 1 aliphatic carbocycles. The van der Waals surface area contributed by atoms with Crippen LogP contribution in [0.5, 0.6) is 11.5 Å². The molecule has 0 N–H and O–H groups in total. The molecule has 1 aliphatic rings. The van der Waals surface area contributed by atoms with E-state index in [9.17, 15) is 17.6 Å². The van der Waals surface area contributed by atoms with Gasteiger partial charge in [0.15, 0.2) is 11.6 Å². The van der Waals surface area contributed by atoms with Gasteiger partial charge in [0.05, 0.1) is 18.6 Å². The molecular formula is C23H26FNO5S. The number of ether oxygens (including phenoxy) is 2. The zero-order chi connectivity index (χ0) is 22.4. The van der Waals surface area contributed by atoms with Gasteiger partial charge in [-0.2, -0.15) is 0 Å². The van der Waals surface area contributed by atoms with Gasteiger partial charge in [-0.1, -0.05) is 13.0 Å². The van der Waals surface area contributed by atoms with Crippen molar-refractivity contribution in [2.24, 2.45) is 0 Å². The highest BCUT2D eigenvalue weighted by Crippen LogP contribution is 2.28. The number of hydrogen-bond acceptors (Lipinski definition) is 5. The van der Waals surface area contributed by atoms with Gasteiger partial charge in [0, 0.05) is 11.6 Å². The van der Waals surface area contributed by atoms with Gasteiger partial charge in [-0.15, -0.1) is 0 Å². The molecule has 0 bridgehead atoms. The Morgan fingerprint density at radius 2 is 1.94 bits per heavy atom. The first-order chi connectivity index (χ1) is 14.9. The van der Waals surface area contributed by atoms with Gasteiger partial charge in [-0.05, 0) is 68.2 Å². The standard InChI is InChI=1S/C23H26FNO5S/c1-3-15-31(27,28)25(18-11-14-22(29-2)21(24)16-18)23(26)17-9-12-20(13-10-17)30-19-7-5-4-6-8-19/h5,7,9-14,16,19H,3-4,6,8,15H2,1-2H3. The highest BCUT2D eigenvalue weighted by molar-refractivity contribution is 7.93. The second-order valence-corrected chi connectivity index (χ2v) is 9.18. The first-order valence-corrected chi connectivity index (χ1v) is 11.8. The van der Waals surface area contributed by atoms with E-state index in [4.69, 9.17) is 9.47 Å². The molecule has 31 heavy (non-hydrogen) atoms. The summed E-state index contributed by atoms with van der Waals surface area (Å²) >= 11 is 0. The summed E-state index contributed by atoms with van der Waals surface area (Å²) in [4.78, 5) is 13.2. The van der Waals surface area contributed by atoms with E-state index >= 15 is 0 Å². The average Bonchev–Trinajstić information content (AvgIpc) is 2.75. The van der Waals surface area contributed by atoms with Crippen LogP contribution in [-0.4, -0.2) is 33.3 Å². The average molecular weight is 448 g/mol. The number of rotatable bonds is 8. The largest absolute Gasteiger partial charge is 0.494 e. The molecule has 0 fully saturated rings. The maximum atomic E-state index is 14.2. The molecule has 2 aromatic carbocycles. The third-order valence-corrected chi connectivity index (χ3v) is 6.75. The van der Waals surface area contributed by atoms with Crippen LogP contribution >= 0.6 is 0 Å². The number of allylic oxidation sites excluding steroid dienone is 1. The third-order valence-electron chi connectivity index (χ3n) is 4.89. The summed E-state index contributed by atoms with van der Waals surface area (Å²) in [5.41, 5.74) is 0.0758. The van der Waals surface area contributed by atoms with Crippen LogP contribution in [0.4, 0.5) is 10.1 Å². The minimum absolute atomic E-state index is 0.0148. The van der Waals surface area contributed by atoms with E-state index in [1.165, 1.54) is 31.4 Å². The molecule has 0 heterocycles. The first kappa shape index (κ1) is 22.8. The van der Waals surface area contributed by atoms with Crippen molar-refractivity contribution in [3.63, 3.8) is 0 Å². The maximum Gasteiger partial charge on any atom is 0.272 e. The van der Waals surface area contributed by atoms with Crippen molar-refractivity contribution >= 4 is 21.6 Å². The number of carbonyl (C=O) groups is 1. The number of halogens is 1. The smallest absolute Gasteiger partial charge is 0.272 e. The fourth-order valence-corrected chi connectivity index (χ4v) is 4.87. The Bertz CT molecular complexity index is 1050. The Balaban J connectivity index is 1.90. The normalized spacial score (nSPS) is 16.0. The Morgan fingerprint density at radius 1 is 1.19 bits per heavy atom. The second kappa shape index (κ2) is 9.96. The lowest BCUT2D eigenvalue weighted by molar-refractivity contribution is 0.101. The van der Waals surface area contributed by atoms with Crippen molar-refractivity contribution in [2.75, 3.05) is 17.2 Å². The lowest BCUT2D eigenvalue weighted by Gasteiger charge is -2.23. The van der Waals surface area contributed by atoms with E-state index in [1.807, 2.05) is 6.08 Å². The van der Waals surface area contributed by atoms with Gasteiger partial charge < -0.3 is 9.47 Å². The van der Waals surface area contributed by atoms with Gasteiger partial charge in [-0.3, -0.25) is 4.79 Å². The van der Waals surface area contributed by atoms with Gasteiger partial charge in [0.2, 0.25) is 10.0 Å². The number of carbonyl (C=O) groups excluding carboxylic acids is 1. The lowest BCUT2D eigenvalue weighted by atomic mass is 10.1. The van der Waals surface area contributed by atoms with E-state index in [0.717, 1.165) is 25.3 Å². The number of sulfonamides is 1. The number of anilines is 1.